The van der Waals surface area contributed by atoms with Gasteiger partial charge in [-0.1, -0.05) is 30.3 Å². The van der Waals surface area contributed by atoms with Crippen molar-refractivity contribution in [1.82, 2.24) is 14.6 Å². The zero-order valence-corrected chi connectivity index (χ0v) is 15.0. The molecule has 0 saturated heterocycles. The maximum atomic E-state index is 12.4. The van der Waals surface area contributed by atoms with Crippen molar-refractivity contribution in [3.05, 3.63) is 66.5 Å². The minimum Gasteiger partial charge on any atom is -0.464 e. The molecular weight excluding hydrogens is 358 g/mol. The molecule has 0 spiro atoms. The Morgan fingerprint density at radius 2 is 1.86 bits per heavy atom. The molecule has 3 heterocycles. The number of benzene rings is 2. The molecule has 0 radical (unpaired) electrons. The van der Waals surface area contributed by atoms with Crippen molar-refractivity contribution in [2.75, 3.05) is 13.9 Å². The highest BCUT2D eigenvalue weighted by molar-refractivity contribution is 5.91. The van der Waals surface area contributed by atoms with E-state index in [0.29, 0.717) is 28.5 Å². The number of hydrogen-bond donors (Lipinski definition) is 0. The van der Waals surface area contributed by atoms with Gasteiger partial charge in [0.05, 0.1) is 19.0 Å². The molecule has 5 rings (SSSR count). The van der Waals surface area contributed by atoms with Gasteiger partial charge < -0.3 is 14.2 Å². The average Bonchev–Trinajstić information content (AvgIpc) is 3.39. The number of aromatic nitrogens is 3. The summed E-state index contributed by atoms with van der Waals surface area (Å²) in [4.78, 5) is 17.2. The molecule has 0 atom stereocenters. The Kier molecular flexibility index (Phi) is 3.72. The molecule has 2 aromatic heterocycles. The van der Waals surface area contributed by atoms with Gasteiger partial charge in [0.25, 0.3) is 0 Å². The largest absolute Gasteiger partial charge is 0.464 e. The van der Waals surface area contributed by atoms with Gasteiger partial charge in [0, 0.05) is 11.1 Å². The van der Waals surface area contributed by atoms with E-state index in [-0.39, 0.29) is 6.79 Å². The molecule has 138 valence electrons. The minimum atomic E-state index is -0.489. The molecule has 7 nitrogen and oxygen atoms in total. The molecule has 28 heavy (non-hydrogen) atoms. The fourth-order valence-corrected chi connectivity index (χ4v) is 3.24. The lowest BCUT2D eigenvalue weighted by molar-refractivity contribution is 0.0590. The van der Waals surface area contributed by atoms with Crippen LogP contribution in [0.4, 0.5) is 0 Å². The number of hydrogen-bond acceptors (Lipinski definition) is 6. The monoisotopic (exact) mass is 373 g/mol. The number of ether oxygens (including phenoxy) is 3. The van der Waals surface area contributed by atoms with Gasteiger partial charge >= 0.3 is 5.97 Å². The van der Waals surface area contributed by atoms with Gasteiger partial charge in [-0.25, -0.2) is 14.3 Å². The van der Waals surface area contributed by atoms with E-state index in [2.05, 4.69) is 5.10 Å². The van der Waals surface area contributed by atoms with Crippen LogP contribution in [0.2, 0.25) is 0 Å². The Morgan fingerprint density at radius 3 is 2.68 bits per heavy atom. The first-order chi connectivity index (χ1) is 13.7. The van der Waals surface area contributed by atoms with Crippen molar-refractivity contribution in [2.45, 2.75) is 0 Å². The lowest BCUT2D eigenvalue weighted by Gasteiger charge is -2.08. The van der Waals surface area contributed by atoms with Crippen LogP contribution in [0, 0.1) is 0 Å². The van der Waals surface area contributed by atoms with Gasteiger partial charge in [0.1, 0.15) is 0 Å². The second kappa shape index (κ2) is 6.38. The van der Waals surface area contributed by atoms with E-state index < -0.39 is 5.97 Å². The van der Waals surface area contributed by atoms with Crippen molar-refractivity contribution < 1.29 is 19.0 Å². The van der Waals surface area contributed by atoms with Crippen LogP contribution in [0.3, 0.4) is 0 Å². The van der Waals surface area contributed by atoms with Crippen LogP contribution in [-0.4, -0.2) is 34.5 Å². The summed E-state index contributed by atoms with van der Waals surface area (Å²) in [5.74, 6) is 0.847. The SMILES string of the molecule is COC(=O)c1cc(-c2ccc3c(c2)OCO3)nc2c(-c3ccccc3)cnn12. The molecule has 0 saturated carbocycles. The lowest BCUT2D eigenvalue weighted by Crippen LogP contribution is -2.10. The average molecular weight is 373 g/mol. The number of methoxy groups -OCH3 is 1. The van der Waals surface area contributed by atoms with Gasteiger partial charge in [-0.2, -0.15) is 5.10 Å². The third kappa shape index (κ3) is 2.56. The fraction of sp³-hybridized carbons (Fsp3) is 0.0952. The summed E-state index contributed by atoms with van der Waals surface area (Å²) in [5.41, 5.74) is 4.07. The molecular formula is C21H15N3O4. The quantitative estimate of drug-likeness (QED) is 0.511. The smallest absolute Gasteiger partial charge is 0.356 e. The first-order valence-corrected chi connectivity index (χ1v) is 8.67. The number of rotatable bonds is 3. The third-order valence-corrected chi connectivity index (χ3v) is 4.62. The van der Waals surface area contributed by atoms with Crippen molar-refractivity contribution in [3.8, 4) is 33.9 Å². The van der Waals surface area contributed by atoms with Gasteiger partial charge in [0.2, 0.25) is 6.79 Å². The van der Waals surface area contributed by atoms with Crippen LogP contribution in [0.15, 0.2) is 60.8 Å². The maximum absolute atomic E-state index is 12.4. The van der Waals surface area contributed by atoms with E-state index in [1.165, 1.54) is 11.6 Å². The molecule has 4 aromatic rings. The van der Waals surface area contributed by atoms with Crippen molar-refractivity contribution >= 4 is 11.6 Å². The Hall–Kier alpha value is -3.87. The van der Waals surface area contributed by atoms with E-state index in [0.717, 1.165) is 16.7 Å². The summed E-state index contributed by atoms with van der Waals surface area (Å²) < 4.78 is 17.3. The van der Waals surface area contributed by atoms with Crippen molar-refractivity contribution in [2.24, 2.45) is 0 Å². The zero-order chi connectivity index (χ0) is 19.1. The summed E-state index contributed by atoms with van der Waals surface area (Å²) in [6, 6.07) is 17.0. The summed E-state index contributed by atoms with van der Waals surface area (Å²) in [7, 11) is 1.34. The second-order valence-corrected chi connectivity index (χ2v) is 6.25. The number of carbonyl (C=O) groups is 1. The normalized spacial score (nSPS) is 12.3. The van der Waals surface area contributed by atoms with Crippen LogP contribution in [0.1, 0.15) is 10.5 Å². The zero-order valence-electron chi connectivity index (χ0n) is 15.0. The fourth-order valence-electron chi connectivity index (χ4n) is 3.24. The predicted molar refractivity (Wildman–Crippen MR) is 101 cm³/mol. The third-order valence-electron chi connectivity index (χ3n) is 4.62. The van der Waals surface area contributed by atoms with Crippen LogP contribution < -0.4 is 9.47 Å². The first-order valence-electron chi connectivity index (χ1n) is 8.67. The molecule has 0 bridgehead atoms. The molecule has 1 aliphatic heterocycles. The summed E-state index contributed by atoms with van der Waals surface area (Å²) >= 11 is 0. The maximum Gasteiger partial charge on any atom is 0.356 e. The topological polar surface area (TPSA) is 75.0 Å². The minimum absolute atomic E-state index is 0.194. The highest BCUT2D eigenvalue weighted by Crippen LogP contribution is 2.36. The second-order valence-electron chi connectivity index (χ2n) is 6.25. The molecule has 2 aromatic carbocycles. The van der Waals surface area contributed by atoms with Crippen molar-refractivity contribution in [3.63, 3.8) is 0 Å². The van der Waals surface area contributed by atoms with Gasteiger partial charge in [-0.3, -0.25) is 0 Å². The molecule has 7 heteroatoms. The first kappa shape index (κ1) is 16.3. The Balaban J connectivity index is 1.75. The molecule has 0 amide bonds. The van der Waals surface area contributed by atoms with E-state index in [4.69, 9.17) is 19.2 Å². The highest BCUT2D eigenvalue weighted by atomic mass is 16.7. The van der Waals surface area contributed by atoms with Crippen LogP contribution in [0.5, 0.6) is 11.5 Å². The van der Waals surface area contributed by atoms with Crippen LogP contribution in [0.25, 0.3) is 28.0 Å². The Morgan fingerprint density at radius 1 is 1.04 bits per heavy atom. The van der Waals surface area contributed by atoms with E-state index >= 15 is 0 Å². The van der Waals surface area contributed by atoms with E-state index in [9.17, 15) is 4.79 Å². The van der Waals surface area contributed by atoms with Gasteiger partial charge in [-0.05, 0) is 29.8 Å². The molecule has 1 aliphatic rings. The molecule has 0 aliphatic carbocycles. The standard InChI is InChI=1S/C21H15N3O4/c1-26-21(25)17-10-16(14-7-8-18-19(9-14)28-12-27-18)23-20-15(11-22-24(17)20)13-5-3-2-4-6-13/h2-11H,12H2,1H3. The van der Waals surface area contributed by atoms with E-state index in [1.54, 1.807) is 12.3 Å². The summed E-state index contributed by atoms with van der Waals surface area (Å²) in [5, 5.41) is 4.37. The Labute approximate surface area is 160 Å². The van der Waals surface area contributed by atoms with Crippen molar-refractivity contribution in [1.29, 1.82) is 0 Å². The number of esters is 1. The number of fused-ring (bicyclic) bond motifs is 2. The highest BCUT2D eigenvalue weighted by Gasteiger charge is 2.20. The van der Waals surface area contributed by atoms with Crippen LogP contribution in [-0.2, 0) is 4.74 Å². The Bertz CT molecular complexity index is 1200. The van der Waals surface area contributed by atoms with Crippen LogP contribution >= 0.6 is 0 Å². The molecule has 0 N–H and O–H groups in total. The van der Waals surface area contributed by atoms with Gasteiger partial charge in [-0.15, -0.1) is 0 Å². The predicted octanol–water partition coefficient (Wildman–Crippen LogP) is 3.58. The van der Waals surface area contributed by atoms with E-state index in [1.807, 2.05) is 48.5 Å². The number of nitrogens with zero attached hydrogens (tertiary/aromatic N) is 3. The van der Waals surface area contributed by atoms with Gasteiger partial charge in [0.15, 0.2) is 22.8 Å². The summed E-state index contributed by atoms with van der Waals surface area (Å²) in [6.45, 7) is 0.194. The molecule has 0 unspecified atom stereocenters. The lowest BCUT2D eigenvalue weighted by atomic mass is 10.1. The molecule has 0 fully saturated rings. The number of carbonyl (C=O) groups excluding carboxylic acids is 1. The summed E-state index contributed by atoms with van der Waals surface area (Å²) in [6.07, 6.45) is 1.70.